The molecule has 31 heavy (non-hydrogen) atoms. The second kappa shape index (κ2) is 9.75. The number of amides is 1. The number of halogens is 1. The van der Waals surface area contributed by atoms with E-state index < -0.39 is 23.5 Å². The Balaban J connectivity index is 2.08. The lowest BCUT2D eigenvalue weighted by molar-refractivity contribution is -0.140. The van der Waals surface area contributed by atoms with Gasteiger partial charge >= 0.3 is 0 Å². The van der Waals surface area contributed by atoms with Crippen LogP contribution in [0.5, 0.6) is 5.75 Å². The van der Waals surface area contributed by atoms with Crippen molar-refractivity contribution in [3.05, 3.63) is 71.0 Å². The predicted molar refractivity (Wildman–Crippen MR) is 116 cm³/mol. The second-order valence-corrected chi connectivity index (χ2v) is 7.30. The Morgan fingerprint density at radius 2 is 1.68 bits per heavy atom. The van der Waals surface area contributed by atoms with E-state index in [0.717, 1.165) is 13.1 Å². The van der Waals surface area contributed by atoms with E-state index in [1.165, 1.54) is 29.2 Å². The fraction of sp³-hybridized carbons (Fsp3) is 0.333. The molecule has 0 bridgehead atoms. The topological polar surface area (TPSA) is 70.1 Å². The molecule has 0 spiro atoms. The van der Waals surface area contributed by atoms with E-state index in [1.807, 2.05) is 13.8 Å². The molecule has 1 aliphatic rings. The number of hydrogen-bond donors (Lipinski definition) is 1. The van der Waals surface area contributed by atoms with Gasteiger partial charge in [-0.3, -0.25) is 9.59 Å². The van der Waals surface area contributed by atoms with Gasteiger partial charge in [0.25, 0.3) is 11.7 Å². The van der Waals surface area contributed by atoms with Crippen molar-refractivity contribution in [2.75, 3.05) is 33.3 Å². The molecule has 0 aliphatic carbocycles. The number of carbonyl (C=O) groups is 2. The van der Waals surface area contributed by atoms with E-state index in [1.54, 1.807) is 31.4 Å². The number of aliphatic hydroxyl groups excluding tert-OH is 1. The third-order valence-corrected chi connectivity index (χ3v) is 5.64. The number of benzene rings is 2. The van der Waals surface area contributed by atoms with Crippen LogP contribution in [0.1, 0.15) is 31.0 Å². The fourth-order valence-electron chi connectivity index (χ4n) is 3.80. The van der Waals surface area contributed by atoms with Crippen LogP contribution in [0.2, 0.25) is 0 Å². The minimum absolute atomic E-state index is 0.00122. The number of ketones is 1. The Morgan fingerprint density at radius 3 is 2.23 bits per heavy atom. The van der Waals surface area contributed by atoms with Crippen LogP contribution in [0.25, 0.3) is 5.76 Å². The number of ether oxygens (including phenoxy) is 1. The molecule has 1 saturated heterocycles. The summed E-state index contributed by atoms with van der Waals surface area (Å²) in [6.07, 6.45) is 0. The Kier molecular flexibility index (Phi) is 7.07. The van der Waals surface area contributed by atoms with E-state index in [9.17, 15) is 19.1 Å². The highest BCUT2D eigenvalue weighted by Gasteiger charge is 2.45. The van der Waals surface area contributed by atoms with Crippen LogP contribution in [0, 0.1) is 5.82 Å². The fourth-order valence-corrected chi connectivity index (χ4v) is 3.80. The molecule has 3 rings (SSSR count). The zero-order valence-corrected chi connectivity index (χ0v) is 18.0. The maximum absolute atomic E-state index is 13.3. The number of likely N-dealkylation sites (tertiary alicyclic amines) is 1. The molecule has 1 fully saturated rings. The third kappa shape index (κ3) is 4.61. The van der Waals surface area contributed by atoms with Crippen molar-refractivity contribution in [2.45, 2.75) is 19.9 Å². The normalized spacial score (nSPS) is 18.1. The Labute approximate surface area is 181 Å². The standard InChI is InChI=1S/C24H27FN2O4/c1-4-26(5-2)14-15-27-21(16-8-12-19(31-3)13-9-16)20(23(29)24(27)30)22(28)17-6-10-18(25)11-7-17/h6-13,21,28H,4-5,14-15H2,1-3H3/b22-20+/t21-/m0/s1. The summed E-state index contributed by atoms with van der Waals surface area (Å²) in [4.78, 5) is 29.6. The van der Waals surface area contributed by atoms with Crippen LogP contribution in [-0.4, -0.2) is 59.9 Å². The number of hydrogen-bond acceptors (Lipinski definition) is 5. The summed E-state index contributed by atoms with van der Waals surface area (Å²) in [6, 6.07) is 11.5. The quantitative estimate of drug-likeness (QED) is 0.397. The van der Waals surface area contributed by atoms with Crippen molar-refractivity contribution in [3.8, 4) is 5.75 Å². The number of rotatable bonds is 8. The van der Waals surface area contributed by atoms with Gasteiger partial charge in [-0.05, 0) is 55.1 Å². The first-order valence-corrected chi connectivity index (χ1v) is 10.3. The average Bonchev–Trinajstić information content (AvgIpc) is 3.04. The number of likely N-dealkylation sites (N-methyl/N-ethyl adjacent to an activating group) is 1. The molecule has 2 aromatic rings. The van der Waals surface area contributed by atoms with Crippen LogP contribution in [-0.2, 0) is 9.59 Å². The van der Waals surface area contributed by atoms with Crippen molar-refractivity contribution >= 4 is 17.4 Å². The van der Waals surface area contributed by atoms with Gasteiger partial charge in [-0.2, -0.15) is 0 Å². The van der Waals surface area contributed by atoms with Crippen LogP contribution < -0.4 is 4.74 Å². The number of Topliss-reactive ketones (excluding diaryl/α,β-unsaturated/α-hetero) is 1. The lowest BCUT2D eigenvalue weighted by atomic mass is 9.95. The highest BCUT2D eigenvalue weighted by atomic mass is 19.1. The first kappa shape index (κ1) is 22.5. The zero-order chi connectivity index (χ0) is 22.5. The van der Waals surface area contributed by atoms with Gasteiger partial charge in [0.15, 0.2) is 0 Å². The molecule has 0 unspecified atom stereocenters. The minimum atomic E-state index is -0.748. The highest BCUT2D eigenvalue weighted by Crippen LogP contribution is 2.39. The maximum atomic E-state index is 13.3. The monoisotopic (exact) mass is 426 g/mol. The lowest BCUT2D eigenvalue weighted by Gasteiger charge is -2.28. The third-order valence-electron chi connectivity index (χ3n) is 5.64. The van der Waals surface area contributed by atoms with Crippen molar-refractivity contribution in [1.29, 1.82) is 0 Å². The van der Waals surface area contributed by atoms with Gasteiger partial charge < -0.3 is 19.6 Å². The summed E-state index contributed by atoms with van der Waals surface area (Å²) >= 11 is 0. The summed E-state index contributed by atoms with van der Waals surface area (Å²) in [5.41, 5.74) is 0.964. The van der Waals surface area contributed by atoms with Gasteiger partial charge in [0.05, 0.1) is 18.7 Å². The molecule has 1 heterocycles. The van der Waals surface area contributed by atoms with E-state index in [2.05, 4.69) is 4.90 Å². The largest absolute Gasteiger partial charge is 0.507 e. The summed E-state index contributed by atoms with van der Waals surface area (Å²) < 4.78 is 18.6. The number of nitrogens with zero attached hydrogens (tertiary/aromatic N) is 2. The maximum Gasteiger partial charge on any atom is 0.295 e. The molecule has 1 N–H and O–H groups in total. The first-order valence-electron chi connectivity index (χ1n) is 10.3. The summed E-state index contributed by atoms with van der Waals surface area (Å²) in [5, 5.41) is 10.9. The van der Waals surface area contributed by atoms with Gasteiger partial charge in [0.2, 0.25) is 0 Å². The molecule has 0 saturated carbocycles. The van der Waals surface area contributed by atoms with E-state index in [-0.39, 0.29) is 16.9 Å². The lowest BCUT2D eigenvalue weighted by Crippen LogP contribution is -2.38. The van der Waals surface area contributed by atoms with Gasteiger partial charge in [-0.25, -0.2) is 4.39 Å². The van der Waals surface area contributed by atoms with E-state index in [0.29, 0.717) is 24.4 Å². The molecular formula is C24H27FN2O4. The van der Waals surface area contributed by atoms with Crippen LogP contribution in [0.15, 0.2) is 54.1 Å². The van der Waals surface area contributed by atoms with Gasteiger partial charge in [0.1, 0.15) is 17.3 Å². The van der Waals surface area contributed by atoms with Gasteiger partial charge in [-0.15, -0.1) is 0 Å². The number of methoxy groups -OCH3 is 1. The minimum Gasteiger partial charge on any atom is -0.507 e. The number of carbonyl (C=O) groups excluding carboxylic acids is 2. The second-order valence-electron chi connectivity index (χ2n) is 7.30. The molecule has 1 aliphatic heterocycles. The molecule has 164 valence electrons. The Bertz CT molecular complexity index is 966. The molecule has 1 amide bonds. The summed E-state index contributed by atoms with van der Waals surface area (Å²) in [5.74, 6) is -1.53. The van der Waals surface area contributed by atoms with E-state index in [4.69, 9.17) is 4.74 Å². The first-order chi connectivity index (χ1) is 14.9. The van der Waals surface area contributed by atoms with Crippen molar-refractivity contribution in [3.63, 3.8) is 0 Å². The van der Waals surface area contributed by atoms with Crippen LogP contribution in [0.4, 0.5) is 4.39 Å². The molecule has 6 nitrogen and oxygen atoms in total. The van der Waals surface area contributed by atoms with E-state index >= 15 is 0 Å². The molecule has 0 radical (unpaired) electrons. The smallest absolute Gasteiger partial charge is 0.295 e. The Morgan fingerprint density at radius 1 is 1.06 bits per heavy atom. The van der Waals surface area contributed by atoms with Gasteiger partial charge in [-0.1, -0.05) is 26.0 Å². The summed E-state index contributed by atoms with van der Waals surface area (Å²) in [6.45, 7) is 6.65. The van der Waals surface area contributed by atoms with Crippen LogP contribution in [0.3, 0.4) is 0 Å². The van der Waals surface area contributed by atoms with Crippen molar-refractivity contribution < 1.29 is 23.8 Å². The van der Waals surface area contributed by atoms with Crippen LogP contribution >= 0.6 is 0 Å². The highest BCUT2D eigenvalue weighted by molar-refractivity contribution is 6.46. The summed E-state index contributed by atoms with van der Waals surface area (Å²) in [7, 11) is 1.56. The number of aliphatic hydroxyl groups is 1. The molecule has 7 heteroatoms. The zero-order valence-electron chi connectivity index (χ0n) is 18.0. The van der Waals surface area contributed by atoms with Gasteiger partial charge in [0, 0.05) is 18.7 Å². The predicted octanol–water partition coefficient (Wildman–Crippen LogP) is 3.60. The molecule has 2 aromatic carbocycles. The van der Waals surface area contributed by atoms with Crippen molar-refractivity contribution in [1.82, 2.24) is 9.80 Å². The average molecular weight is 426 g/mol. The SMILES string of the molecule is CCN(CC)CCN1C(=O)C(=O)/C(=C(/O)c2ccc(F)cc2)[C@@H]1c1ccc(OC)cc1. The molecular weight excluding hydrogens is 399 g/mol. The Hall–Kier alpha value is -3.19. The van der Waals surface area contributed by atoms with Crippen molar-refractivity contribution in [2.24, 2.45) is 0 Å². The molecule has 1 atom stereocenters. The molecule has 0 aromatic heterocycles.